The van der Waals surface area contributed by atoms with Crippen LogP contribution in [0.15, 0.2) is 59.1 Å². The van der Waals surface area contributed by atoms with Gasteiger partial charge in [-0.15, -0.1) is 0 Å². The van der Waals surface area contributed by atoms with Crippen LogP contribution in [0.5, 0.6) is 0 Å². The van der Waals surface area contributed by atoms with Gasteiger partial charge in [0.05, 0.1) is 18.2 Å². The number of benzene rings is 2. The Labute approximate surface area is 196 Å². The first-order valence-corrected chi connectivity index (χ1v) is 11.6. The van der Waals surface area contributed by atoms with E-state index in [2.05, 4.69) is 26.6 Å². The van der Waals surface area contributed by atoms with E-state index in [1.54, 1.807) is 17.9 Å². The number of anilines is 1. The molecule has 0 aliphatic carbocycles. The molecule has 0 radical (unpaired) electrons. The number of para-hydroxylation sites is 1. The van der Waals surface area contributed by atoms with Crippen molar-refractivity contribution in [3.05, 3.63) is 64.6 Å². The molecule has 1 aliphatic heterocycles. The van der Waals surface area contributed by atoms with Crippen LogP contribution in [0.1, 0.15) is 25.3 Å². The summed E-state index contributed by atoms with van der Waals surface area (Å²) in [5.74, 6) is -0.812. The maximum Gasteiger partial charge on any atom is 0.319 e. The number of ether oxygens (including phenoxy) is 1. The van der Waals surface area contributed by atoms with Gasteiger partial charge in [0.25, 0.3) is 0 Å². The number of hydrogen-bond acceptors (Lipinski definition) is 4. The lowest BCUT2D eigenvalue weighted by molar-refractivity contribution is -0.151. The third-order valence-electron chi connectivity index (χ3n) is 5.36. The van der Waals surface area contributed by atoms with Gasteiger partial charge in [0.1, 0.15) is 6.04 Å². The Morgan fingerprint density at radius 1 is 1.12 bits per heavy atom. The van der Waals surface area contributed by atoms with Crippen LogP contribution in [0.3, 0.4) is 0 Å². The maximum absolute atomic E-state index is 13.4. The van der Waals surface area contributed by atoms with Gasteiger partial charge in [-0.1, -0.05) is 42.5 Å². The number of rotatable bonds is 7. The number of amides is 3. The van der Waals surface area contributed by atoms with Gasteiger partial charge in [0.2, 0.25) is 5.91 Å². The number of hydrogen-bond donors (Lipinski definition) is 2. The van der Waals surface area contributed by atoms with Crippen molar-refractivity contribution >= 4 is 39.5 Å². The second-order valence-corrected chi connectivity index (χ2v) is 8.55. The van der Waals surface area contributed by atoms with Crippen molar-refractivity contribution in [3.63, 3.8) is 0 Å². The molecule has 2 aromatic carbocycles. The predicted octanol–water partition coefficient (Wildman–Crippen LogP) is 3.98. The zero-order valence-electron chi connectivity index (χ0n) is 18.1. The van der Waals surface area contributed by atoms with Crippen LogP contribution in [0.2, 0.25) is 0 Å². The first-order chi connectivity index (χ1) is 15.5. The summed E-state index contributed by atoms with van der Waals surface area (Å²) in [4.78, 5) is 40.0. The lowest BCUT2D eigenvalue weighted by Gasteiger charge is -2.34. The third kappa shape index (κ3) is 6.56. The highest BCUT2D eigenvalue weighted by atomic mass is 79.9. The lowest BCUT2D eigenvalue weighted by atomic mass is 9.96. The number of likely N-dealkylation sites (tertiary alicyclic amines) is 1. The van der Waals surface area contributed by atoms with Crippen molar-refractivity contribution in [3.8, 4) is 0 Å². The number of piperidine rings is 1. The van der Waals surface area contributed by atoms with Crippen molar-refractivity contribution in [2.75, 3.05) is 25.0 Å². The van der Waals surface area contributed by atoms with Crippen LogP contribution in [0.25, 0.3) is 0 Å². The molecule has 3 rings (SSSR count). The molecule has 0 spiro atoms. The maximum atomic E-state index is 13.4. The van der Waals surface area contributed by atoms with Crippen molar-refractivity contribution < 1.29 is 19.1 Å². The molecule has 7 nitrogen and oxygen atoms in total. The molecular weight excluding hydrogens is 474 g/mol. The molecular formula is C24H28BrN3O4. The minimum Gasteiger partial charge on any atom is -0.466 e. The molecule has 1 heterocycles. The fourth-order valence-corrected chi connectivity index (χ4v) is 4.16. The lowest BCUT2D eigenvalue weighted by Crippen LogP contribution is -2.53. The average molecular weight is 502 g/mol. The van der Waals surface area contributed by atoms with Crippen LogP contribution in [0.4, 0.5) is 10.5 Å². The van der Waals surface area contributed by atoms with Crippen molar-refractivity contribution in [2.24, 2.45) is 5.92 Å². The van der Waals surface area contributed by atoms with E-state index in [0.717, 1.165) is 16.5 Å². The van der Waals surface area contributed by atoms with E-state index in [4.69, 9.17) is 4.74 Å². The van der Waals surface area contributed by atoms with Gasteiger partial charge in [-0.2, -0.15) is 0 Å². The number of esters is 1. The molecule has 32 heavy (non-hydrogen) atoms. The summed E-state index contributed by atoms with van der Waals surface area (Å²) < 4.78 is 5.89. The molecule has 1 aliphatic rings. The van der Waals surface area contributed by atoms with Gasteiger partial charge >= 0.3 is 12.0 Å². The molecule has 2 unspecified atom stereocenters. The molecule has 1 saturated heterocycles. The molecule has 1 fully saturated rings. The van der Waals surface area contributed by atoms with Gasteiger partial charge in [-0.05, 0) is 53.4 Å². The average Bonchev–Trinajstić information content (AvgIpc) is 2.80. The fraction of sp³-hybridized carbons (Fsp3) is 0.375. The van der Waals surface area contributed by atoms with Gasteiger partial charge in [0.15, 0.2) is 0 Å². The van der Waals surface area contributed by atoms with Crippen LogP contribution in [-0.2, 0) is 20.7 Å². The van der Waals surface area contributed by atoms with Crippen LogP contribution >= 0.6 is 15.9 Å². The minimum atomic E-state index is -0.763. The third-order valence-corrected chi connectivity index (χ3v) is 6.05. The summed E-state index contributed by atoms with van der Waals surface area (Å²) in [6.45, 7) is 2.94. The van der Waals surface area contributed by atoms with Gasteiger partial charge < -0.3 is 20.3 Å². The van der Waals surface area contributed by atoms with Crippen molar-refractivity contribution in [1.29, 1.82) is 0 Å². The highest BCUT2D eigenvalue weighted by molar-refractivity contribution is 9.10. The Morgan fingerprint density at radius 2 is 1.84 bits per heavy atom. The monoisotopic (exact) mass is 501 g/mol. The van der Waals surface area contributed by atoms with Gasteiger partial charge in [-0.25, -0.2) is 4.79 Å². The Balaban J connectivity index is 1.73. The molecule has 0 bridgehead atoms. The zero-order valence-corrected chi connectivity index (χ0v) is 19.6. The first kappa shape index (κ1) is 23.8. The highest BCUT2D eigenvalue weighted by Crippen LogP contribution is 2.22. The van der Waals surface area contributed by atoms with Crippen LogP contribution in [-0.4, -0.2) is 48.5 Å². The number of nitrogens with zero attached hydrogens (tertiary/aromatic N) is 1. The Hall–Kier alpha value is -2.87. The van der Waals surface area contributed by atoms with Crippen LogP contribution < -0.4 is 10.6 Å². The van der Waals surface area contributed by atoms with Crippen molar-refractivity contribution in [2.45, 2.75) is 32.2 Å². The number of nitrogens with one attached hydrogen (secondary N) is 2. The van der Waals surface area contributed by atoms with E-state index in [0.29, 0.717) is 38.2 Å². The summed E-state index contributed by atoms with van der Waals surface area (Å²) in [7, 11) is 0. The van der Waals surface area contributed by atoms with E-state index in [-0.39, 0.29) is 17.8 Å². The molecule has 8 heteroatoms. The molecule has 3 amide bonds. The zero-order chi connectivity index (χ0) is 22.9. The number of carbonyl (C=O) groups excluding carboxylic acids is 3. The first-order valence-electron chi connectivity index (χ1n) is 10.8. The summed E-state index contributed by atoms with van der Waals surface area (Å²) in [6, 6.07) is 15.6. The van der Waals surface area contributed by atoms with Gasteiger partial charge in [-0.3, -0.25) is 9.59 Å². The molecule has 2 N–H and O–H groups in total. The summed E-state index contributed by atoms with van der Waals surface area (Å²) in [5.41, 5.74) is 1.54. The summed E-state index contributed by atoms with van der Waals surface area (Å²) >= 11 is 3.41. The van der Waals surface area contributed by atoms with Crippen LogP contribution in [0, 0.1) is 5.92 Å². The topological polar surface area (TPSA) is 87.7 Å². The molecule has 0 aromatic heterocycles. The number of urea groups is 1. The quantitative estimate of drug-likeness (QED) is 0.561. The largest absolute Gasteiger partial charge is 0.466 e. The summed E-state index contributed by atoms with van der Waals surface area (Å²) in [5, 5.41) is 5.62. The molecule has 0 saturated carbocycles. The normalized spacial score (nSPS) is 16.7. The predicted molar refractivity (Wildman–Crippen MR) is 126 cm³/mol. The number of halogens is 1. The van der Waals surface area contributed by atoms with E-state index in [1.165, 1.54) is 0 Å². The van der Waals surface area contributed by atoms with E-state index in [9.17, 15) is 14.4 Å². The summed E-state index contributed by atoms with van der Waals surface area (Å²) in [6.07, 6.45) is 1.77. The van der Waals surface area contributed by atoms with E-state index in [1.807, 2.05) is 48.5 Å². The van der Waals surface area contributed by atoms with Gasteiger partial charge in [0, 0.05) is 24.0 Å². The van der Waals surface area contributed by atoms with E-state index >= 15 is 0 Å². The minimum absolute atomic E-state index is 0.204. The van der Waals surface area contributed by atoms with Crippen molar-refractivity contribution in [1.82, 2.24) is 10.2 Å². The Kier molecular flexibility index (Phi) is 8.67. The molecule has 170 valence electrons. The highest BCUT2D eigenvalue weighted by Gasteiger charge is 2.33. The molecule has 2 aromatic rings. The van der Waals surface area contributed by atoms with E-state index < -0.39 is 12.1 Å². The second-order valence-electron chi connectivity index (χ2n) is 7.70. The molecule has 2 atom stereocenters. The second kappa shape index (κ2) is 11.7. The Bertz CT molecular complexity index is 938. The fourth-order valence-electron chi connectivity index (χ4n) is 3.78. The SMILES string of the molecule is CCOC(=O)C1CCCN(C(=O)C(Cc2ccccc2)NC(=O)Nc2ccccc2Br)C1. The standard InChI is InChI=1S/C24H28BrN3O4/c1-2-32-23(30)18-11-8-14-28(16-18)22(29)21(15-17-9-4-3-5-10-17)27-24(31)26-20-13-7-6-12-19(20)25/h3-7,9-10,12-13,18,21H,2,8,11,14-16H2,1H3,(H2,26,27,31). The Morgan fingerprint density at radius 3 is 2.56 bits per heavy atom. The smallest absolute Gasteiger partial charge is 0.319 e. The number of carbonyl (C=O) groups is 3.